The standard InChI is InChI=1S/C11H12N4OS/c1-7-5-9(15-17-7)11(16)14-8(2)10-6-12-3-4-13-10/h3-6,8H,1-2H3,(H,14,16)/t8-/m0/s1. The van der Waals surface area contributed by atoms with Crippen LogP contribution in [0.5, 0.6) is 0 Å². The van der Waals surface area contributed by atoms with Gasteiger partial charge < -0.3 is 5.32 Å². The number of aromatic nitrogens is 3. The van der Waals surface area contributed by atoms with Crippen molar-refractivity contribution in [2.24, 2.45) is 0 Å². The van der Waals surface area contributed by atoms with Crippen LogP contribution in [0, 0.1) is 6.92 Å². The number of nitrogens with one attached hydrogen (secondary N) is 1. The van der Waals surface area contributed by atoms with Crippen LogP contribution in [0.1, 0.15) is 34.0 Å². The van der Waals surface area contributed by atoms with Crippen molar-refractivity contribution >= 4 is 17.4 Å². The molecule has 0 radical (unpaired) electrons. The molecule has 0 saturated carbocycles. The molecule has 0 aliphatic rings. The lowest BCUT2D eigenvalue weighted by Crippen LogP contribution is -2.27. The van der Waals surface area contributed by atoms with Crippen LogP contribution in [0.4, 0.5) is 0 Å². The fourth-order valence-electron chi connectivity index (χ4n) is 1.35. The molecule has 6 heteroatoms. The number of carbonyl (C=O) groups is 1. The van der Waals surface area contributed by atoms with Crippen molar-refractivity contribution in [2.45, 2.75) is 19.9 Å². The van der Waals surface area contributed by atoms with Crippen LogP contribution in [0.15, 0.2) is 24.7 Å². The van der Waals surface area contributed by atoms with E-state index in [4.69, 9.17) is 0 Å². The molecule has 1 N–H and O–H groups in total. The monoisotopic (exact) mass is 248 g/mol. The van der Waals surface area contributed by atoms with Crippen LogP contribution in [-0.2, 0) is 0 Å². The molecule has 0 fully saturated rings. The molecule has 2 rings (SSSR count). The lowest BCUT2D eigenvalue weighted by atomic mass is 10.2. The summed E-state index contributed by atoms with van der Waals surface area (Å²) in [6.45, 7) is 3.78. The SMILES string of the molecule is Cc1cc(C(=O)N[C@@H](C)c2cnccn2)ns1. The van der Waals surface area contributed by atoms with Gasteiger partial charge in [0.2, 0.25) is 0 Å². The van der Waals surface area contributed by atoms with E-state index in [0.717, 1.165) is 10.6 Å². The molecule has 1 atom stereocenters. The Kier molecular flexibility index (Phi) is 3.43. The Labute approximate surface area is 103 Å². The van der Waals surface area contributed by atoms with Gasteiger partial charge in [0.25, 0.3) is 5.91 Å². The molecule has 17 heavy (non-hydrogen) atoms. The summed E-state index contributed by atoms with van der Waals surface area (Å²) in [5.41, 5.74) is 1.18. The Morgan fingerprint density at radius 2 is 2.29 bits per heavy atom. The van der Waals surface area contributed by atoms with Gasteiger partial charge in [0.1, 0.15) is 5.69 Å². The van der Waals surface area contributed by atoms with E-state index in [1.807, 2.05) is 13.8 Å². The predicted molar refractivity (Wildman–Crippen MR) is 64.8 cm³/mol. The van der Waals surface area contributed by atoms with Crippen molar-refractivity contribution in [2.75, 3.05) is 0 Å². The van der Waals surface area contributed by atoms with Gasteiger partial charge in [0.05, 0.1) is 17.9 Å². The van der Waals surface area contributed by atoms with Crippen LogP contribution >= 0.6 is 11.5 Å². The molecular weight excluding hydrogens is 236 g/mol. The van der Waals surface area contributed by atoms with Gasteiger partial charge in [-0.15, -0.1) is 0 Å². The number of hydrogen-bond acceptors (Lipinski definition) is 5. The average Bonchev–Trinajstić information content (AvgIpc) is 2.77. The van der Waals surface area contributed by atoms with Gasteiger partial charge in [-0.3, -0.25) is 14.8 Å². The van der Waals surface area contributed by atoms with Crippen molar-refractivity contribution in [3.8, 4) is 0 Å². The fourth-order valence-corrected chi connectivity index (χ4v) is 1.89. The van der Waals surface area contributed by atoms with E-state index in [1.165, 1.54) is 11.5 Å². The molecule has 2 aromatic heterocycles. The molecule has 0 spiro atoms. The maximum Gasteiger partial charge on any atom is 0.271 e. The molecule has 0 bridgehead atoms. The summed E-state index contributed by atoms with van der Waals surface area (Å²) in [7, 11) is 0. The number of hydrogen-bond donors (Lipinski definition) is 1. The van der Waals surface area contributed by atoms with Crippen LogP contribution in [0.2, 0.25) is 0 Å². The van der Waals surface area contributed by atoms with Gasteiger partial charge in [0, 0.05) is 17.3 Å². The molecule has 2 aromatic rings. The van der Waals surface area contributed by atoms with Crippen molar-refractivity contribution in [3.63, 3.8) is 0 Å². The normalized spacial score (nSPS) is 12.1. The minimum atomic E-state index is -0.187. The molecule has 88 valence electrons. The van der Waals surface area contributed by atoms with Gasteiger partial charge in [0.15, 0.2) is 0 Å². The van der Waals surface area contributed by atoms with E-state index < -0.39 is 0 Å². The van der Waals surface area contributed by atoms with Gasteiger partial charge >= 0.3 is 0 Å². The van der Waals surface area contributed by atoms with Crippen molar-refractivity contribution in [1.29, 1.82) is 0 Å². The molecular formula is C11H12N4OS. The molecule has 5 nitrogen and oxygen atoms in total. The molecule has 0 unspecified atom stereocenters. The Morgan fingerprint density at radius 1 is 1.47 bits per heavy atom. The fraction of sp³-hybridized carbons (Fsp3) is 0.273. The van der Waals surface area contributed by atoms with E-state index >= 15 is 0 Å². The predicted octanol–water partition coefficient (Wildman–Crippen LogP) is 1.73. The van der Waals surface area contributed by atoms with E-state index in [2.05, 4.69) is 19.7 Å². The third-order valence-corrected chi connectivity index (χ3v) is 2.93. The molecule has 0 aliphatic heterocycles. The molecule has 0 aliphatic carbocycles. The highest BCUT2D eigenvalue weighted by Gasteiger charge is 2.14. The highest BCUT2D eigenvalue weighted by Crippen LogP contribution is 2.11. The lowest BCUT2D eigenvalue weighted by Gasteiger charge is -2.11. The largest absolute Gasteiger partial charge is 0.343 e. The highest BCUT2D eigenvalue weighted by molar-refractivity contribution is 7.05. The summed E-state index contributed by atoms with van der Waals surface area (Å²) in [6, 6.07) is 1.59. The summed E-state index contributed by atoms with van der Waals surface area (Å²) in [5.74, 6) is -0.187. The first-order valence-electron chi connectivity index (χ1n) is 5.17. The van der Waals surface area contributed by atoms with Gasteiger partial charge in [-0.05, 0) is 31.4 Å². The Bertz CT molecular complexity index is 511. The first-order valence-corrected chi connectivity index (χ1v) is 5.94. The second-order valence-electron chi connectivity index (χ2n) is 3.65. The quantitative estimate of drug-likeness (QED) is 0.898. The maximum absolute atomic E-state index is 11.8. The van der Waals surface area contributed by atoms with Crippen LogP contribution in [0.3, 0.4) is 0 Å². The maximum atomic E-state index is 11.8. The second-order valence-corrected chi connectivity index (χ2v) is 4.66. The van der Waals surface area contributed by atoms with Crippen molar-refractivity contribution in [1.82, 2.24) is 19.7 Å². The van der Waals surface area contributed by atoms with Gasteiger partial charge in [-0.2, -0.15) is 4.37 Å². The van der Waals surface area contributed by atoms with Gasteiger partial charge in [-0.25, -0.2) is 0 Å². The molecule has 0 aromatic carbocycles. The smallest absolute Gasteiger partial charge is 0.271 e. The Hall–Kier alpha value is -1.82. The average molecular weight is 248 g/mol. The number of aryl methyl sites for hydroxylation is 1. The zero-order valence-electron chi connectivity index (χ0n) is 9.54. The van der Waals surface area contributed by atoms with Gasteiger partial charge in [-0.1, -0.05) is 0 Å². The number of amides is 1. The highest BCUT2D eigenvalue weighted by atomic mass is 32.1. The topological polar surface area (TPSA) is 67.8 Å². The van der Waals surface area contributed by atoms with E-state index in [9.17, 15) is 4.79 Å². The van der Waals surface area contributed by atoms with Crippen LogP contribution < -0.4 is 5.32 Å². The van der Waals surface area contributed by atoms with E-state index in [-0.39, 0.29) is 11.9 Å². The third-order valence-electron chi connectivity index (χ3n) is 2.24. The molecule has 0 saturated heterocycles. The van der Waals surface area contributed by atoms with Crippen LogP contribution in [-0.4, -0.2) is 20.2 Å². The zero-order valence-corrected chi connectivity index (χ0v) is 10.4. The molecule has 2 heterocycles. The Morgan fingerprint density at radius 3 is 2.88 bits per heavy atom. The minimum absolute atomic E-state index is 0.182. The molecule has 1 amide bonds. The first kappa shape index (κ1) is 11.7. The van der Waals surface area contributed by atoms with E-state index in [1.54, 1.807) is 24.7 Å². The number of carbonyl (C=O) groups excluding carboxylic acids is 1. The summed E-state index contributed by atoms with van der Waals surface area (Å²) < 4.78 is 4.06. The summed E-state index contributed by atoms with van der Waals surface area (Å²) in [6.07, 6.45) is 4.84. The summed E-state index contributed by atoms with van der Waals surface area (Å²) in [5, 5.41) is 2.83. The third kappa shape index (κ3) is 2.85. The lowest BCUT2D eigenvalue weighted by molar-refractivity contribution is 0.0935. The van der Waals surface area contributed by atoms with Crippen LogP contribution in [0.25, 0.3) is 0 Å². The van der Waals surface area contributed by atoms with E-state index in [0.29, 0.717) is 5.69 Å². The first-order chi connectivity index (χ1) is 8.16. The zero-order chi connectivity index (χ0) is 12.3. The van der Waals surface area contributed by atoms with Crippen molar-refractivity contribution < 1.29 is 4.79 Å². The minimum Gasteiger partial charge on any atom is -0.343 e. The summed E-state index contributed by atoms with van der Waals surface area (Å²) >= 11 is 1.32. The number of nitrogens with zero attached hydrogens (tertiary/aromatic N) is 3. The Balaban J connectivity index is 2.04. The number of rotatable bonds is 3. The second kappa shape index (κ2) is 5.01. The summed E-state index contributed by atoms with van der Waals surface area (Å²) in [4.78, 5) is 20.9. The van der Waals surface area contributed by atoms with Crippen molar-refractivity contribution in [3.05, 3.63) is 40.9 Å².